The van der Waals surface area contributed by atoms with E-state index in [-0.39, 0.29) is 11.8 Å². The lowest BCUT2D eigenvalue weighted by molar-refractivity contribution is -0.118. The summed E-state index contributed by atoms with van der Waals surface area (Å²) in [6.45, 7) is 3.94. The highest BCUT2D eigenvalue weighted by Crippen LogP contribution is 2.26. The molecule has 29 heavy (non-hydrogen) atoms. The van der Waals surface area contributed by atoms with Gasteiger partial charge in [-0.15, -0.1) is 11.3 Å². The van der Waals surface area contributed by atoms with Gasteiger partial charge < -0.3 is 15.5 Å². The maximum absolute atomic E-state index is 12.3. The van der Waals surface area contributed by atoms with Gasteiger partial charge in [-0.25, -0.2) is 4.98 Å². The number of carbonyl (C=O) groups excluding carboxylic acids is 2. The van der Waals surface area contributed by atoms with E-state index in [9.17, 15) is 9.59 Å². The van der Waals surface area contributed by atoms with Gasteiger partial charge in [-0.05, 0) is 47.4 Å². The first kappa shape index (κ1) is 20.8. The molecule has 1 aliphatic heterocycles. The molecular formula is C22H26N4O2S. The zero-order valence-electron chi connectivity index (χ0n) is 16.8. The maximum atomic E-state index is 12.3. The number of thiophene rings is 1. The summed E-state index contributed by atoms with van der Waals surface area (Å²) in [6.07, 6.45) is 3.88. The minimum absolute atomic E-state index is 0.00463. The number of benzene rings is 1. The van der Waals surface area contributed by atoms with Crippen LogP contribution in [0.15, 0.2) is 48.0 Å². The zero-order chi connectivity index (χ0) is 20.6. The summed E-state index contributed by atoms with van der Waals surface area (Å²) in [7, 11) is 1.60. The number of anilines is 1. The molecule has 1 aliphatic rings. The molecule has 6 nitrogen and oxygen atoms in total. The van der Waals surface area contributed by atoms with E-state index in [1.54, 1.807) is 24.6 Å². The van der Waals surface area contributed by atoms with Crippen molar-refractivity contribution in [3.63, 3.8) is 0 Å². The Bertz CT molecular complexity index is 962. The fraction of sp³-hybridized carbons (Fsp3) is 0.318. The van der Waals surface area contributed by atoms with Crippen molar-refractivity contribution >= 4 is 39.1 Å². The van der Waals surface area contributed by atoms with Crippen LogP contribution in [0.5, 0.6) is 0 Å². The molecule has 0 radical (unpaired) electrons. The van der Waals surface area contributed by atoms with Gasteiger partial charge in [0.15, 0.2) is 0 Å². The monoisotopic (exact) mass is 410 g/mol. The van der Waals surface area contributed by atoms with Crippen molar-refractivity contribution in [3.05, 3.63) is 59.1 Å². The van der Waals surface area contributed by atoms with E-state index < -0.39 is 0 Å². The second kappa shape index (κ2) is 10.0. The Kier molecular flexibility index (Phi) is 7.19. The largest absolute Gasteiger partial charge is 0.366 e. The Morgan fingerprint density at radius 2 is 1.86 bits per heavy atom. The molecule has 1 aromatic carbocycles. The van der Waals surface area contributed by atoms with Gasteiger partial charge in [-0.2, -0.15) is 0 Å². The predicted molar refractivity (Wildman–Crippen MR) is 118 cm³/mol. The number of carbonyl (C=O) groups is 2. The number of likely N-dealkylation sites (tertiary alicyclic amines) is 1. The molecule has 0 unspecified atom stereocenters. The van der Waals surface area contributed by atoms with Crippen LogP contribution in [0.1, 0.15) is 35.7 Å². The van der Waals surface area contributed by atoms with Crippen molar-refractivity contribution in [3.8, 4) is 0 Å². The average molecular weight is 411 g/mol. The Morgan fingerprint density at radius 3 is 2.52 bits per heavy atom. The van der Waals surface area contributed by atoms with Crippen LogP contribution < -0.4 is 10.6 Å². The molecule has 1 saturated heterocycles. The van der Waals surface area contributed by atoms with Crippen LogP contribution in [-0.4, -0.2) is 41.8 Å². The summed E-state index contributed by atoms with van der Waals surface area (Å²) >= 11 is 1.76. The van der Waals surface area contributed by atoms with Crippen molar-refractivity contribution < 1.29 is 9.59 Å². The number of amides is 2. The number of pyridine rings is 1. The van der Waals surface area contributed by atoms with Crippen LogP contribution in [0.2, 0.25) is 0 Å². The van der Waals surface area contributed by atoms with Crippen molar-refractivity contribution in [1.29, 1.82) is 0 Å². The lowest BCUT2D eigenvalue weighted by Gasteiger charge is -2.15. The standard InChI is InChI=1S/C19H19N3OS.C3H7NO/c23-19(22-9-3-4-10-22)14-7-8-18(20-11-14)21-12-15-13-24-17-6-2-1-5-16(15)17;1-3(5)4-2/h1-2,5-8,11,13H,3-4,9-10,12H2,(H,20,21);1-2H3,(H,4,5). The highest BCUT2D eigenvalue weighted by Gasteiger charge is 2.19. The molecule has 2 amide bonds. The molecule has 0 bridgehead atoms. The van der Waals surface area contributed by atoms with Crippen LogP contribution in [0.25, 0.3) is 10.1 Å². The molecule has 2 aromatic heterocycles. The highest BCUT2D eigenvalue weighted by molar-refractivity contribution is 7.17. The minimum atomic E-state index is 0.00463. The maximum Gasteiger partial charge on any atom is 0.255 e. The molecule has 0 spiro atoms. The molecule has 1 fully saturated rings. The van der Waals surface area contributed by atoms with Gasteiger partial charge in [-0.1, -0.05) is 18.2 Å². The van der Waals surface area contributed by atoms with Gasteiger partial charge in [0.05, 0.1) is 5.56 Å². The first-order valence-corrected chi connectivity index (χ1v) is 10.6. The summed E-state index contributed by atoms with van der Waals surface area (Å²) < 4.78 is 1.30. The Labute approximate surface area is 174 Å². The molecule has 0 aliphatic carbocycles. The summed E-state index contributed by atoms with van der Waals surface area (Å²) in [5, 5.41) is 9.21. The summed E-state index contributed by atoms with van der Waals surface area (Å²) in [5.41, 5.74) is 1.94. The average Bonchev–Trinajstić information content (AvgIpc) is 3.43. The quantitative estimate of drug-likeness (QED) is 0.684. The highest BCUT2D eigenvalue weighted by atomic mass is 32.1. The molecular weight excluding hydrogens is 384 g/mol. The second-order valence-corrected chi connectivity index (χ2v) is 7.76. The van der Waals surface area contributed by atoms with E-state index in [4.69, 9.17) is 0 Å². The molecule has 7 heteroatoms. The summed E-state index contributed by atoms with van der Waals surface area (Å²) in [5.74, 6) is 0.892. The van der Waals surface area contributed by atoms with Gasteiger partial charge in [0.25, 0.3) is 5.91 Å². The van der Waals surface area contributed by atoms with Gasteiger partial charge in [0.2, 0.25) is 5.91 Å². The SMILES string of the molecule is CNC(C)=O.O=C(c1ccc(NCc2csc3ccccc23)nc1)N1CCCC1. The normalized spacial score (nSPS) is 13.0. The lowest BCUT2D eigenvalue weighted by Crippen LogP contribution is -2.27. The fourth-order valence-corrected chi connectivity index (χ4v) is 4.05. The first-order chi connectivity index (χ1) is 14.1. The number of aromatic nitrogens is 1. The van der Waals surface area contributed by atoms with Gasteiger partial charge in [0, 0.05) is 44.5 Å². The van der Waals surface area contributed by atoms with E-state index in [0.717, 1.165) is 38.3 Å². The van der Waals surface area contributed by atoms with Gasteiger partial charge >= 0.3 is 0 Å². The first-order valence-electron chi connectivity index (χ1n) is 9.71. The third-order valence-electron chi connectivity index (χ3n) is 4.78. The minimum Gasteiger partial charge on any atom is -0.366 e. The Morgan fingerprint density at radius 1 is 1.14 bits per heavy atom. The van der Waals surface area contributed by atoms with E-state index in [1.165, 1.54) is 22.6 Å². The van der Waals surface area contributed by atoms with Crippen molar-refractivity contribution in [1.82, 2.24) is 15.2 Å². The van der Waals surface area contributed by atoms with E-state index >= 15 is 0 Å². The van der Waals surface area contributed by atoms with Crippen LogP contribution in [0.3, 0.4) is 0 Å². The molecule has 152 valence electrons. The number of rotatable bonds is 4. The molecule has 3 aromatic rings. The smallest absolute Gasteiger partial charge is 0.255 e. The van der Waals surface area contributed by atoms with Crippen LogP contribution in [-0.2, 0) is 11.3 Å². The topological polar surface area (TPSA) is 74.3 Å². The second-order valence-electron chi connectivity index (χ2n) is 6.85. The number of nitrogens with one attached hydrogen (secondary N) is 2. The number of fused-ring (bicyclic) bond motifs is 1. The van der Waals surface area contributed by atoms with Crippen molar-refractivity contribution in [2.24, 2.45) is 0 Å². The van der Waals surface area contributed by atoms with Gasteiger partial charge in [-0.3, -0.25) is 9.59 Å². The Hall–Kier alpha value is -2.93. The third-order valence-corrected chi connectivity index (χ3v) is 5.79. The van der Waals surface area contributed by atoms with E-state index in [1.807, 2.05) is 17.0 Å². The summed E-state index contributed by atoms with van der Waals surface area (Å²) in [6, 6.07) is 12.2. The number of nitrogens with zero attached hydrogens (tertiary/aromatic N) is 2. The van der Waals surface area contributed by atoms with E-state index in [0.29, 0.717) is 5.56 Å². The van der Waals surface area contributed by atoms with Crippen LogP contribution in [0.4, 0.5) is 5.82 Å². The molecule has 0 atom stereocenters. The third kappa shape index (κ3) is 5.54. The molecule has 4 rings (SSSR count). The van der Waals surface area contributed by atoms with Crippen LogP contribution >= 0.6 is 11.3 Å². The predicted octanol–water partition coefficient (Wildman–Crippen LogP) is 3.90. The number of hydrogen-bond donors (Lipinski definition) is 2. The molecule has 2 N–H and O–H groups in total. The van der Waals surface area contributed by atoms with Crippen molar-refractivity contribution in [2.45, 2.75) is 26.3 Å². The lowest BCUT2D eigenvalue weighted by atomic mass is 10.2. The molecule has 0 saturated carbocycles. The number of hydrogen-bond acceptors (Lipinski definition) is 5. The van der Waals surface area contributed by atoms with Crippen LogP contribution in [0, 0.1) is 0 Å². The Balaban J connectivity index is 0.000000431. The fourth-order valence-electron chi connectivity index (χ4n) is 3.08. The zero-order valence-corrected chi connectivity index (χ0v) is 17.6. The van der Waals surface area contributed by atoms with E-state index in [2.05, 4.69) is 45.3 Å². The summed E-state index contributed by atoms with van der Waals surface area (Å²) in [4.78, 5) is 28.3. The van der Waals surface area contributed by atoms with Gasteiger partial charge in [0.1, 0.15) is 5.82 Å². The van der Waals surface area contributed by atoms with Crippen molar-refractivity contribution in [2.75, 3.05) is 25.5 Å². The molecule has 3 heterocycles.